The fourth-order valence-electron chi connectivity index (χ4n) is 1.99. The summed E-state index contributed by atoms with van der Waals surface area (Å²) >= 11 is 0. The first-order valence-corrected chi connectivity index (χ1v) is 5.98. The predicted molar refractivity (Wildman–Crippen MR) is 63.7 cm³/mol. The van der Waals surface area contributed by atoms with E-state index in [1.165, 1.54) is 24.8 Å². The van der Waals surface area contributed by atoms with Crippen molar-refractivity contribution in [1.82, 2.24) is 5.32 Å². The van der Waals surface area contributed by atoms with Crippen molar-refractivity contribution in [1.29, 1.82) is 0 Å². The van der Waals surface area contributed by atoms with Crippen LogP contribution in [-0.4, -0.2) is 6.54 Å². The molecule has 0 aliphatic carbocycles. The van der Waals surface area contributed by atoms with E-state index in [1.54, 1.807) is 12.5 Å². The molecule has 2 heteroatoms. The van der Waals surface area contributed by atoms with Crippen molar-refractivity contribution >= 4 is 0 Å². The minimum absolute atomic E-state index is 0.476. The quantitative estimate of drug-likeness (QED) is 0.742. The van der Waals surface area contributed by atoms with E-state index in [9.17, 15) is 0 Å². The molecule has 0 atom stereocenters. The number of rotatable bonds is 7. The maximum atomic E-state index is 5.04. The molecule has 0 bridgehead atoms. The third-order valence-corrected chi connectivity index (χ3v) is 3.66. The van der Waals surface area contributed by atoms with E-state index in [1.807, 2.05) is 6.07 Å². The van der Waals surface area contributed by atoms with Crippen molar-refractivity contribution in [2.45, 2.75) is 46.6 Å². The second-order valence-corrected chi connectivity index (χ2v) is 4.30. The topological polar surface area (TPSA) is 25.2 Å². The minimum Gasteiger partial charge on any atom is -0.472 e. The Kier molecular flexibility index (Phi) is 4.89. The summed E-state index contributed by atoms with van der Waals surface area (Å²) in [5.74, 6) is 0. The fourth-order valence-corrected chi connectivity index (χ4v) is 1.99. The van der Waals surface area contributed by atoms with Crippen LogP contribution in [0.2, 0.25) is 0 Å². The highest BCUT2D eigenvalue weighted by Gasteiger charge is 2.22. The Morgan fingerprint density at radius 3 is 2.33 bits per heavy atom. The molecule has 0 spiro atoms. The van der Waals surface area contributed by atoms with Gasteiger partial charge in [-0.2, -0.15) is 0 Å². The van der Waals surface area contributed by atoms with Crippen molar-refractivity contribution in [3.63, 3.8) is 0 Å². The molecule has 0 aliphatic rings. The largest absolute Gasteiger partial charge is 0.472 e. The van der Waals surface area contributed by atoms with Crippen molar-refractivity contribution < 1.29 is 4.42 Å². The zero-order valence-electron chi connectivity index (χ0n) is 10.2. The SMILES string of the molecule is CCC(CC)(CC)CNCc1ccoc1. The summed E-state index contributed by atoms with van der Waals surface area (Å²) in [6.45, 7) is 8.87. The monoisotopic (exact) mass is 209 g/mol. The third-order valence-electron chi connectivity index (χ3n) is 3.66. The second-order valence-electron chi connectivity index (χ2n) is 4.30. The molecule has 0 aromatic carbocycles. The van der Waals surface area contributed by atoms with Gasteiger partial charge in [-0.05, 0) is 30.7 Å². The highest BCUT2D eigenvalue weighted by atomic mass is 16.3. The summed E-state index contributed by atoms with van der Waals surface area (Å²) in [5, 5.41) is 3.52. The Morgan fingerprint density at radius 1 is 1.20 bits per heavy atom. The van der Waals surface area contributed by atoms with Crippen molar-refractivity contribution in [2.24, 2.45) is 5.41 Å². The fraction of sp³-hybridized carbons (Fsp3) is 0.692. The average Bonchev–Trinajstić information content (AvgIpc) is 2.78. The van der Waals surface area contributed by atoms with Gasteiger partial charge in [0.25, 0.3) is 0 Å². The van der Waals surface area contributed by atoms with Crippen LogP contribution in [0, 0.1) is 5.41 Å². The first-order chi connectivity index (χ1) is 7.26. The van der Waals surface area contributed by atoms with E-state index in [2.05, 4.69) is 26.1 Å². The molecule has 0 saturated heterocycles. The number of hydrogen-bond donors (Lipinski definition) is 1. The number of furan rings is 1. The second kappa shape index (κ2) is 5.96. The molecule has 0 unspecified atom stereocenters. The number of nitrogens with one attached hydrogen (secondary N) is 1. The molecule has 1 aromatic rings. The maximum absolute atomic E-state index is 5.04. The molecular weight excluding hydrogens is 186 g/mol. The van der Waals surface area contributed by atoms with Gasteiger partial charge in [-0.25, -0.2) is 0 Å². The van der Waals surface area contributed by atoms with Crippen LogP contribution in [0.3, 0.4) is 0 Å². The lowest BCUT2D eigenvalue weighted by atomic mass is 9.80. The average molecular weight is 209 g/mol. The van der Waals surface area contributed by atoms with E-state index in [0.29, 0.717) is 5.41 Å². The molecule has 1 N–H and O–H groups in total. The molecule has 0 aliphatic heterocycles. The van der Waals surface area contributed by atoms with Gasteiger partial charge in [0, 0.05) is 18.7 Å². The Labute approximate surface area is 93.1 Å². The summed E-state index contributed by atoms with van der Waals surface area (Å²) in [6, 6.07) is 2.01. The van der Waals surface area contributed by atoms with Crippen LogP contribution in [0.25, 0.3) is 0 Å². The van der Waals surface area contributed by atoms with Gasteiger partial charge in [0.15, 0.2) is 0 Å². The van der Waals surface area contributed by atoms with E-state index in [0.717, 1.165) is 13.1 Å². The van der Waals surface area contributed by atoms with E-state index >= 15 is 0 Å². The Hall–Kier alpha value is -0.760. The molecule has 0 saturated carbocycles. The molecule has 2 nitrogen and oxygen atoms in total. The van der Waals surface area contributed by atoms with Crippen LogP contribution < -0.4 is 5.32 Å². The Balaban J connectivity index is 2.34. The number of hydrogen-bond acceptors (Lipinski definition) is 2. The molecule has 1 rings (SSSR count). The lowest BCUT2D eigenvalue weighted by Gasteiger charge is -2.30. The van der Waals surface area contributed by atoms with Crippen LogP contribution in [-0.2, 0) is 6.54 Å². The zero-order chi connectivity index (χ0) is 11.1. The first kappa shape index (κ1) is 12.3. The Morgan fingerprint density at radius 2 is 1.87 bits per heavy atom. The van der Waals surface area contributed by atoms with Crippen LogP contribution in [0.5, 0.6) is 0 Å². The van der Waals surface area contributed by atoms with Gasteiger partial charge in [-0.3, -0.25) is 0 Å². The smallest absolute Gasteiger partial charge is 0.0947 e. The summed E-state index contributed by atoms with van der Waals surface area (Å²) in [4.78, 5) is 0. The predicted octanol–water partition coefficient (Wildman–Crippen LogP) is 3.59. The van der Waals surface area contributed by atoms with Gasteiger partial charge in [-0.1, -0.05) is 20.8 Å². The van der Waals surface area contributed by atoms with Crippen molar-refractivity contribution in [3.8, 4) is 0 Å². The molecule has 1 aromatic heterocycles. The van der Waals surface area contributed by atoms with Gasteiger partial charge in [-0.15, -0.1) is 0 Å². The van der Waals surface area contributed by atoms with Crippen molar-refractivity contribution in [2.75, 3.05) is 6.54 Å². The maximum Gasteiger partial charge on any atom is 0.0947 e. The van der Waals surface area contributed by atoms with E-state index in [-0.39, 0.29) is 0 Å². The van der Waals surface area contributed by atoms with Gasteiger partial charge in [0.1, 0.15) is 0 Å². The molecule has 0 fully saturated rings. The summed E-state index contributed by atoms with van der Waals surface area (Å²) in [5.41, 5.74) is 1.70. The highest BCUT2D eigenvalue weighted by molar-refractivity contribution is 5.04. The van der Waals surface area contributed by atoms with Gasteiger partial charge >= 0.3 is 0 Å². The van der Waals surface area contributed by atoms with Crippen LogP contribution >= 0.6 is 0 Å². The summed E-state index contributed by atoms with van der Waals surface area (Å²) < 4.78 is 5.04. The van der Waals surface area contributed by atoms with Crippen LogP contribution in [0.15, 0.2) is 23.0 Å². The van der Waals surface area contributed by atoms with Gasteiger partial charge in [0.2, 0.25) is 0 Å². The first-order valence-electron chi connectivity index (χ1n) is 5.98. The van der Waals surface area contributed by atoms with Gasteiger partial charge in [0.05, 0.1) is 12.5 Å². The summed E-state index contributed by atoms with van der Waals surface area (Å²) in [7, 11) is 0. The molecule has 1 heterocycles. The highest BCUT2D eigenvalue weighted by Crippen LogP contribution is 2.29. The third kappa shape index (κ3) is 3.38. The Bertz CT molecular complexity index is 241. The lowest BCUT2D eigenvalue weighted by molar-refractivity contribution is 0.237. The van der Waals surface area contributed by atoms with Crippen LogP contribution in [0.1, 0.15) is 45.6 Å². The van der Waals surface area contributed by atoms with Gasteiger partial charge < -0.3 is 9.73 Å². The zero-order valence-corrected chi connectivity index (χ0v) is 10.2. The molecule has 0 amide bonds. The minimum atomic E-state index is 0.476. The van der Waals surface area contributed by atoms with E-state index in [4.69, 9.17) is 4.42 Å². The molecule has 0 radical (unpaired) electrons. The van der Waals surface area contributed by atoms with Crippen LogP contribution in [0.4, 0.5) is 0 Å². The lowest BCUT2D eigenvalue weighted by Crippen LogP contribution is -2.32. The standard InChI is InChI=1S/C13H23NO/c1-4-13(5-2,6-3)11-14-9-12-7-8-15-10-12/h7-8,10,14H,4-6,9,11H2,1-3H3. The molecule has 86 valence electrons. The van der Waals surface area contributed by atoms with Crippen molar-refractivity contribution in [3.05, 3.63) is 24.2 Å². The van der Waals surface area contributed by atoms with E-state index < -0.39 is 0 Å². The molecule has 15 heavy (non-hydrogen) atoms. The normalized spacial score (nSPS) is 11.9. The molecular formula is C13H23NO. The summed E-state index contributed by atoms with van der Waals surface area (Å²) in [6.07, 6.45) is 7.28.